The molecule has 3 aromatic carbocycles. The number of carbonyl (C=O) groups excluding carboxylic acids is 2. The van der Waals surface area contributed by atoms with Gasteiger partial charge in [-0.3, -0.25) is 9.59 Å². The summed E-state index contributed by atoms with van der Waals surface area (Å²) in [6, 6.07) is 27.2. The van der Waals surface area contributed by atoms with Crippen LogP contribution in [0, 0.1) is 0 Å². The Bertz CT molecular complexity index is 1070. The zero-order chi connectivity index (χ0) is 23.2. The maximum absolute atomic E-state index is 13.3. The van der Waals surface area contributed by atoms with Gasteiger partial charge >= 0.3 is 0 Å². The number of piperazine rings is 1. The van der Waals surface area contributed by atoms with Gasteiger partial charge in [0.2, 0.25) is 5.91 Å². The molecule has 5 nitrogen and oxygen atoms in total. The molecule has 5 heteroatoms. The molecule has 1 aliphatic rings. The lowest BCUT2D eigenvalue weighted by molar-refractivity contribution is -0.139. The minimum Gasteiger partial charge on any atom is -0.491 e. The van der Waals surface area contributed by atoms with E-state index in [2.05, 4.69) is 12.1 Å². The van der Waals surface area contributed by atoms with Crippen LogP contribution < -0.4 is 4.74 Å². The van der Waals surface area contributed by atoms with Crippen molar-refractivity contribution in [1.82, 2.24) is 9.80 Å². The van der Waals surface area contributed by atoms with Gasteiger partial charge in [-0.1, -0.05) is 60.7 Å². The lowest BCUT2D eigenvalue weighted by Gasteiger charge is -2.41. The number of carbonyl (C=O) groups is 2. The Balaban J connectivity index is 1.53. The average Bonchev–Trinajstić information content (AvgIpc) is 2.82. The van der Waals surface area contributed by atoms with Crippen LogP contribution in [-0.2, 0) is 17.8 Å². The van der Waals surface area contributed by atoms with Crippen LogP contribution in [0.15, 0.2) is 84.9 Å². The molecule has 1 saturated heterocycles. The van der Waals surface area contributed by atoms with Crippen molar-refractivity contribution in [3.8, 4) is 5.75 Å². The molecule has 0 bridgehead atoms. The van der Waals surface area contributed by atoms with Crippen molar-refractivity contribution < 1.29 is 14.3 Å². The van der Waals surface area contributed by atoms with Crippen LogP contribution in [0.1, 0.15) is 35.3 Å². The van der Waals surface area contributed by atoms with Gasteiger partial charge < -0.3 is 14.5 Å². The van der Waals surface area contributed by atoms with E-state index in [9.17, 15) is 9.59 Å². The van der Waals surface area contributed by atoms with Crippen LogP contribution in [0.5, 0.6) is 5.75 Å². The zero-order valence-electron chi connectivity index (χ0n) is 19.2. The topological polar surface area (TPSA) is 49.9 Å². The zero-order valence-corrected chi connectivity index (χ0v) is 19.2. The van der Waals surface area contributed by atoms with Crippen LogP contribution in [0.4, 0.5) is 0 Å². The van der Waals surface area contributed by atoms with E-state index in [0.717, 1.165) is 16.9 Å². The van der Waals surface area contributed by atoms with E-state index in [4.69, 9.17) is 4.74 Å². The number of hydrogen-bond acceptors (Lipinski definition) is 3. The fraction of sp³-hybridized carbons (Fsp3) is 0.286. The van der Waals surface area contributed by atoms with Crippen molar-refractivity contribution in [2.45, 2.75) is 39.0 Å². The Labute approximate surface area is 195 Å². The highest BCUT2D eigenvalue weighted by Crippen LogP contribution is 2.22. The molecular weight excluding hydrogens is 412 g/mol. The number of rotatable bonds is 7. The molecule has 0 saturated carbocycles. The van der Waals surface area contributed by atoms with E-state index < -0.39 is 0 Å². The highest BCUT2D eigenvalue weighted by atomic mass is 16.5. The molecule has 0 aromatic heterocycles. The summed E-state index contributed by atoms with van der Waals surface area (Å²) in [6.07, 6.45) is 0.769. The molecule has 0 spiro atoms. The summed E-state index contributed by atoms with van der Waals surface area (Å²) in [5.74, 6) is 0.572. The summed E-state index contributed by atoms with van der Waals surface area (Å²) in [5.41, 5.74) is 2.80. The normalized spacial score (nSPS) is 16.2. The van der Waals surface area contributed by atoms with Crippen LogP contribution >= 0.6 is 0 Å². The predicted octanol–water partition coefficient (Wildman–Crippen LogP) is 4.57. The van der Waals surface area contributed by atoms with Gasteiger partial charge in [0, 0.05) is 18.7 Å². The van der Waals surface area contributed by atoms with Crippen molar-refractivity contribution >= 4 is 11.8 Å². The van der Waals surface area contributed by atoms with Crippen molar-refractivity contribution in [2.24, 2.45) is 0 Å². The smallest absolute Gasteiger partial charge is 0.254 e. The summed E-state index contributed by atoms with van der Waals surface area (Å²) in [7, 11) is 0. The molecule has 33 heavy (non-hydrogen) atoms. The average molecular weight is 443 g/mol. The second-order valence-corrected chi connectivity index (χ2v) is 8.73. The Morgan fingerprint density at radius 3 is 2.12 bits per heavy atom. The molecule has 1 fully saturated rings. The minimum absolute atomic E-state index is 0.0286. The first-order chi connectivity index (χ1) is 16.0. The van der Waals surface area contributed by atoms with Gasteiger partial charge in [0.25, 0.3) is 5.91 Å². The van der Waals surface area contributed by atoms with Gasteiger partial charge in [-0.05, 0) is 55.7 Å². The third-order valence-corrected chi connectivity index (χ3v) is 5.79. The first-order valence-corrected chi connectivity index (χ1v) is 11.4. The van der Waals surface area contributed by atoms with Gasteiger partial charge in [-0.25, -0.2) is 0 Å². The van der Waals surface area contributed by atoms with Crippen molar-refractivity contribution in [3.05, 3.63) is 102 Å². The van der Waals surface area contributed by atoms with Gasteiger partial charge in [0.1, 0.15) is 12.3 Å². The Hall–Kier alpha value is -3.60. The van der Waals surface area contributed by atoms with E-state index in [1.54, 1.807) is 17.0 Å². The van der Waals surface area contributed by atoms with Crippen LogP contribution in [0.2, 0.25) is 0 Å². The van der Waals surface area contributed by atoms with Gasteiger partial charge in [-0.2, -0.15) is 0 Å². The summed E-state index contributed by atoms with van der Waals surface area (Å²) in [6.45, 7) is 5.05. The highest BCUT2D eigenvalue weighted by Gasteiger charge is 2.35. The molecule has 1 atom stereocenters. The molecule has 2 amide bonds. The number of ether oxygens (including phenoxy) is 1. The van der Waals surface area contributed by atoms with E-state index in [-0.39, 0.29) is 30.5 Å². The first-order valence-electron chi connectivity index (χ1n) is 11.4. The lowest BCUT2D eigenvalue weighted by atomic mass is 10.00. The van der Waals surface area contributed by atoms with Crippen molar-refractivity contribution in [2.75, 3.05) is 13.1 Å². The highest BCUT2D eigenvalue weighted by molar-refractivity contribution is 5.97. The number of nitrogens with zero attached hydrogens (tertiary/aromatic N) is 2. The maximum atomic E-state index is 13.3. The minimum atomic E-state index is -0.128. The molecule has 1 aliphatic heterocycles. The second-order valence-electron chi connectivity index (χ2n) is 8.73. The molecule has 4 rings (SSSR count). The predicted molar refractivity (Wildman–Crippen MR) is 129 cm³/mol. The molecule has 3 aromatic rings. The van der Waals surface area contributed by atoms with E-state index in [1.807, 2.05) is 79.4 Å². The van der Waals surface area contributed by atoms with E-state index in [1.165, 1.54) is 0 Å². The third-order valence-electron chi connectivity index (χ3n) is 5.79. The summed E-state index contributed by atoms with van der Waals surface area (Å²) in [5, 5.41) is 0. The fourth-order valence-corrected chi connectivity index (χ4v) is 4.22. The number of benzene rings is 3. The molecule has 0 N–H and O–H groups in total. The molecule has 1 heterocycles. The van der Waals surface area contributed by atoms with E-state index in [0.29, 0.717) is 25.1 Å². The molecule has 0 radical (unpaired) electrons. The number of hydrogen-bond donors (Lipinski definition) is 0. The molecule has 0 aliphatic carbocycles. The fourth-order valence-electron chi connectivity index (χ4n) is 4.22. The molecular formula is C28H30N2O3. The van der Waals surface area contributed by atoms with Crippen LogP contribution in [0.3, 0.4) is 0 Å². The van der Waals surface area contributed by atoms with Crippen LogP contribution in [0.25, 0.3) is 0 Å². The molecule has 170 valence electrons. The van der Waals surface area contributed by atoms with Crippen molar-refractivity contribution in [3.63, 3.8) is 0 Å². The monoisotopic (exact) mass is 442 g/mol. The standard InChI is InChI=1S/C28H30N2O3/c1-21(2)33-26-15-13-24(14-16-26)28(32)29-19-25(17-22-9-5-3-6-10-22)30(27(31)20-29)18-23-11-7-4-8-12-23/h3-16,21,25H,17-20H2,1-2H3/t25-/m0/s1. The molecule has 0 unspecified atom stereocenters. The second kappa shape index (κ2) is 10.3. The third kappa shape index (κ3) is 5.80. The van der Waals surface area contributed by atoms with Gasteiger partial charge in [0.05, 0.1) is 12.1 Å². The van der Waals surface area contributed by atoms with Crippen molar-refractivity contribution in [1.29, 1.82) is 0 Å². The van der Waals surface area contributed by atoms with E-state index >= 15 is 0 Å². The summed E-state index contributed by atoms with van der Waals surface area (Å²) >= 11 is 0. The SMILES string of the molecule is CC(C)Oc1ccc(C(=O)N2CC(=O)N(Cc3ccccc3)[C@@H](Cc3ccccc3)C2)cc1. The number of amides is 2. The summed E-state index contributed by atoms with van der Waals surface area (Å²) in [4.78, 5) is 30.1. The first kappa shape index (κ1) is 22.6. The quantitative estimate of drug-likeness (QED) is 0.539. The Kier molecular flexibility index (Phi) is 7.08. The Morgan fingerprint density at radius 1 is 0.909 bits per heavy atom. The van der Waals surface area contributed by atoms with Gasteiger partial charge in [0.15, 0.2) is 0 Å². The van der Waals surface area contributed by atoms with Crippen LogP contribution in [-0.4, -0.2) is 46.8 Å². The largest absolute Gasteiger partial charge is 0.491 e. The van der Waals surface area contributed by atoms with Gasteiger partial charge in [-0.15, -0.1) is 0 Å². The summed E-state index contributed by atoms with van der Waals surface area (Å²) < 4.78 is 5.68. The Morgan fingerprint density at radius 2 is 1.52 bits per heavy atom. The maximum Gasteiger partial charge on any atom is 0.254 e. The lowest BCUT2D eigenvalue weighted by Crippen LogP contribution is -2.58.